The van der Waals surface area contributed by atoms with Crippen molar-refractivity contribution in [2.24, 2.45) is 0 Å². The van der Waals surface area contributed by atoms with Crippen LogP contribution >= 0.6 is 11.9 Å². The van der Waals surface area contributed by atoms with Gasteiger partial charge in [-0.15, -0.1) is 0 Å². The largest absolute Gasteiger partial charge is 0.358 e. The summed E-state index contributed by atoms with van der Waals surface area (Å²) >= 11 is 1.08. The number of carbonyl (C=O) groups is 1. The molecule has 3 aromatic rings. The van der Waals surface area contributed by atoms with Crippen molar-refractivity contribution in [3.8, 4) is 0 Å². The minimum atomic E-state index is -0.666. The maximum absolute atomic E-state index is 12.5. The Bertz CT molecular complexity index is 970. The van der Waals surface area contributed by atoms with Crippen molar-refractivity contribution < 1.29 is 9.72 Å². The van der Waals surface area contributed by atoms with E-state index in [1.165, 1.54) is 6.07 Å². The van der Waals surface area contributed by atoms with Gasteiger partial charge in [-0.1, -0.05) is 30.3 Å². The fourth-order valence-corrected chi connectivity index (χ4v) is 3.74. The van der Waals surface area contributed by atoms with E-state index in [0.717, 1.165) is 34.1 Å². The molecule has 0 aliphatic carbocycles. The highest BCUT2D eigenvalue weighted by Gasteiger charge is 2.26. The van der Waals surface area contributed by atoms with Gasteiger partial charge in [-0.2, -0.15) is 0 Å². The summed E-state index contributed by atoms with van der Waals surface area (Å²) in [5.41, 5.74) is 2.63. The van der Waals surface area contributed by atoms with Gasteiger partial charge in [0.05, 0.1) is 4.92 Å². The molecule has 0 unspecified atom stereocenters. The van der Waals surface area contributed by atoms with E-state index in [1.54, 1.807) is 25.2 Å². The lowest BCUT2D eigenvalue weighted by Gasteiger charge is -2.17. The molecule has 0 spiro atoms. The van der Waals surface area contributed by atoms with E-state index in [2.05, 4.69) is 15.0 Å². The summed E-state index contributed by atoms with van der Waals surface area (Å²) in [4.78, 5) is 27.0. The van der Waals surface area contributed by atoms with Crippen LogP contribution < -0.4 is 10.0 Å². The highest BCUT2D eigenvalue weighted by Crippen LogP contribution is 2.33. The lowest BCUT2D eigenvalue weighted by atomic mass is 10.0. The molecule has 1 aromatic heterocycles. The summed E-state index contributed by atoms with van der Waals surface area (Å²) in [6.45, 7) is 1.91. The number of hydrogen-bond acceptors (Lipinski definition) is 5. The molecule has 1 atom stereocenters. The second kappa shape index (κ2) is 7.59. The smallest absolute Gasteiger partial charge is 0.284 e. The van der Waals surface area contributed by atoms with Crippen molar-refractivity contribution in [2.45, 2.75) is 17.9 Å². The first-order chi connectivity index (χ1) is 12.5. The maximum atomic E-state index is 12.5. The molecular weight excluding hydrogens is 352 g/mol. The van der Waals surface area contributed by atoms with Gasteiger partial charge in [-0.25, -0.2) is 4.72 Å². The van der Waals surface area contributed by atoms with E-state index in [4.69, 9.17) is 0 Å². The van der Waals surface area contributed by atoms with Crippen molar-refractivity contribution >= 4 is 34.4 Å². The third kappa shape index (κ3) is 3.42. The lowest BCUT2D eigenvalue weighted by molar-refractivity contribution is -0.387. The van der Waals surface area contributed by atoms with Crippen molar-refractivity contribution in [3.05, 3.63) is 69.9 Å². The van der Waals surface area contributed by atoms with Crippen LogP contribution in [0.3, 0.4) is 0 Å². The van der Waals surface area contributed by atoms with Crippen LogP contribution in [0, 0.1) is 17.0 Å². The number of benzene rings is 2. The Morgan fingerprint density at radius 3 is 2.62 bits per heavy atom. The molecule has 0 bridgehead atoms. The number of nitro groups is 1. The summed E-state index contributed by atoms with van der Waals surface area (Å²) in [5, 5.41) is 14.8. The van der Waals surface area contributed by atoms with Crippen molar-refractivity contribution in [2.75, 3.05) is 7.05 Å². The minimum Gasteiger partial charge on any atom is -0.358 e. The van der Waals surface area contributed by atoms with Crippen LogP contribution in [0.4, 0.5) is 5.69 Å². The highest BCUT2D eigenvalue weighted by molar-refractivity contribution is 7.97. The zero-order chi connectivity index (χ0) is 18.7. The number of likely N-dealkylation sites (N-methyl/N-ethyl adjacent to an activating group) is 1. The van der Waals surface area contributed by atoms with Crippen molar-refractivity contribution in [3.63, 3.8) is 0 Å². The number of aromatic nitrogens is 1. The number of nitro benzene ring substituents is 1. The average Bonchev–Trinajstić information content (AvgIpc) is 2.98. The van der Waals surface area contributed by atoms with Crippen LogP contribution in [0.5, 0.6) is 0 Å². The number of hydrogen-bond donors (Lipinski definition) is 3. The number of para-hydroxylation sites is 2. The predicted octanol–water partition coefficient (Wildman–Crippen LogP) is 3.47. The highest BCUT2D eigenvalue weighted by atomic mass is 32.2. The lowest BCUT2D eigenvalue weighted by Crippen LogP contribution is -2.33. The summed E-state index contributed by atoms with van der Waals surface area (Å²) in [6.07, 6.45) is 0. The topological polar surface area (TPSA) is 100 Å². The Hall–Kier alpha value is -2.84. The molecule has 0 saturated carbocycles. The van der Waals surface area contributed by atoms with Crippen LogP contribution in [0.25, 0.3) is 10.9 Å². The second-order valence-corrected chi connectivity index (χ2v) is 6.58. The Balaban J connectivity index is 1.96. The zero-order valence-corrected chi connectivity index (χ0v) is 15.1. The van der Waals surface area contributed by atoms with Crippen molar-refractivity contribution in [1.82, 2.24) is 15.0 Å². The molecule has 134 valence electrons. The first-order valence-corrected chi connectivity index (χ1v) is 8.79. The number of rotatable bonds is 6. The molecule has 2 aromatic carbocycles. The Labute approximate surface area is 154 Å². The molecule has 8 heteroatoms. The number of H-pyrrole nitrogens is 1. The van der Waals surface area contributed by atoms with E-state index in [-0.39, 0.29) is 11.6 Å². The molecule has 0 radical (unpaired) electrons. The molecule has 3 N–H and O–H groups in total. The van der Waals surface area contributed by atoms with Gasteiger partial charge < -0.3 is 10.3 Å². The van der Waals surface area contributed by atoms with Gasteiger partial charge in [0.15, 0.2) is 0 Å². The number of nitrogens with one attached hydrogen (secondary N) is 3. The predicted molar refractivity (Wildman–Crippen MR) is 102 cm³/mol. The molecule has 0 aliphatic heterocycles. The first-order valence-electron chi connectivity index (χ1n) is 7.97. The molecule has 0 fully saturated rings. The second-order valence-electron chi connectivity index (χ2n) is 5.70. The Morgan fingerprint density at radius 1 is 1.19 bits per heavy atom. The number of fused-ring (bicyclic) bond motifs is 1. The number of carbonyl (C=O) groups excluding carboxylic acids is 1. The van der Waals surface area contributed by atoms with E-state index in [9.17, 15) is 14.9 Å². The number of aromatic amines is 1. The maximum Gasteiger partial charge on any atom is 0.284 e. The van der Waals surface area contributed by atoms with Gasteiger partial charge in [-0.3, -0.25) is 14.9 Å². The third-order valence-corrected chi connectivity index (χ3v) is 5.01. The zero-order valence-electron chi connectivity index (χ0n) is 14.3. The van der Waals surface area contributed by atoms with Gasteiger partial charge in [0, 0.05) is 35.3 Å². The van der Waals surface area contributed by atoms with E-state index < -0.39 is 11.0 Å². The summed E-state index contributed by atoms with van der Waals surface area (Å²) in [6, 6.07) is 13.5. The fraction of sp³-hybridized carbons (Fsp3) is 0.167. The summed E-state index contributed by atoms with van der Waals surface area (Å²) < 4.78 is 3.10. The summed E-state index contributed by atoms with van der Waals surface area (Å²) in [5.74, 6) is -0.219. The van der Waals surface area contributed by atoms with E-state index >= 15 is 0 Å². The molecule has 3 rings (SSSR count). The van der Waals surface area contributed by atoms with Crippen LogP contribution in [0.2, 0.25) is 0 Å². The molecule has 0 saturated heterocycles. The van der Waals surface area contributed by atoms with Crippen LogP contribution in [0.1, 0.15) is 17.3 Å². The Morgan fingerprint density at radius 2 is 1.88 bits per heavy atom. The first kappa shape index (κ1) is 18.0. The van der Waals surface area contributed by atoms with Gasteiger partial charge in [0.2, 0.25) is 5.91 Å². The van der Waals surface area contributed by atoms with Crippen LogP contribution in [0.15, 0.2) is 53.4 Å². The molecule has 0 aliphatic rings. The third-order valence-electron chi connectivity index (χ3n) is 4.09. The van der Waals surface area contributed by atoms with E-state index in [0.29, 0.717) is 4.90 Å². The molecule has 26 heavy (non-hydrogen) atoms. The van der Waals surface area contributed by atoms with Gasteiger partial charge >= 0.3 is 0 Å². The fourth-order valence-electron chi connectivity index (χ4n) is 2.87. The van der Waals surface area contributed by atoms with E-state index in [1.807, 2.05) is 31.2 Å². The SMILES string of the molecule is CNC(=O)[C@H](NSc1ccccc1[N+](=O)[O-])c1c(C)[nH]c2ccccc12. The normalized spacial score (nSPS) is 12.1. The molecule has 1 heterocycles. The van der Waals surface area contributed by atoms with Crippen LogP contribution in [-0.4, -0.2) is 22.9 Å². The molecule has 7 nitrogen and oxygen atoms in total. The summed E-state index contributed by atoms with van der Waals surface area (Å²) in [7, 11) is 1.57. The Kier molecular flexibility index (Phi) is 5.24. The van der Waals surface area contributed by atoms with Gasteiger partial charge in [-0.05, 0) is 31.0 Å². The average molecular weight is 370 g/mol. The number of amides is 1. The molecule has 1 amide bonds. The number of aryl methyl sites for hydroxylation is 1. The van der Waals surface area contributed by atoms with Gasteiger partial charge in [0.1, 0.15) is 10.9 Å². The quantitative estimate of drug-likeness (QED) is 0.350. The van der Waals surface area contributed by atoms with Gasteiger partial charge in [0.25, 0.3) is 5.69 Å². The monoisotopic (exact) mass is 370 g/mol. The van der Waals surface area contributed by atoms with Crippen LogP contribution in [-0.2, 0) is 4.79 Å². The number of nitrogens with zero attached hydrogens (tertiary/aromatic N) is 1. The van der Waals surface area contributed by atoms with Crippen molar-refractivity contribution in [1.29, 1.82) is 0 Å². The molecular formula is C18H18N4O3S. The standard InChI is InChI=1S/C18H18N4O3S/c1-11-16(12-7-3-4-8-13(12)20-11)17(18(23)19-2)21-26-15-10-6-5-9-14(15)22(24)25/h3-10,17,20-21H,1-2H3,(H,19,23)/t17-/m1/s1. The minimum absolute atomic E-state index is 0.00342.